The molecule has 2 N–H and O–H groups in total. The fourth-order valence-corrected chi connectivity index (χ4v) is 2.92. The van der Waals surface area contributed by atoms with Crippen LogP contribution in [0, 0.1) is 13.8 Å². The molecular formula is C13H17N3S. The maximum Gasteiger partial charge on any atom is 0.148 e. The van der Waals surface area contributed by atoms with Crippen LogP contribution in [0.2, 0.25) is 0 Å². The van der Waals surface area contributed by atoms with Crippen molar-refractivity contribution in [1.82, 2.24) is 10.2 Å². The molecule has 0 spiro atoms. The van der Waals surface area contributed by atoms with E-state index in [-0.39, 0.29) is 6.04 Å². The Balaban J connectivity index is 2.44. The van der Waals surface area contributed by atoms with E-state index in [9.17, 15) is 0 Å². The molecule has 0 aliphatic carbocycles. The van der Waals surface area contributed by atoms with Crippen molar-refractivity contribution >= 4 is 11.3 Å². The maximum atomic E-state index is 5.97. The van der Waals surface area contributed by atoms with Crippen molar-refractivity contribution in [3.05, 3.63) is 34.3 Å². The Morgan fingerprint density at radius 2 is 1.88 bits per heavy atom. The van der Waals surface area contributed by atoms with Crippen molar-refractivity contribution in [2.24, 2.45) is 5.73 Å². The average molecular weight is 247 g/mol. The van der Waals surface area contributed by atoms with Crippen molar-refractivity contribution in [2.45, 2.75) is 33.2 Å². The summed E-state index contributed by atoms with van der Waals surface area (Å²) >= 11 is 1.60. The first kappa shape index (κ1) is 12.2. The van der Waals surface area contributed by atoms with E-state index in [0.717, 1.165) is 16.4 Å². The summed E-state index contributed by atoms with van der Waals surface area (Å²) in [6.07, 6.45) is 0.890. The van der Waals surface area contributed by atoms with Crippen LogP contribution in [0.5, 0.6) is 0 Å². The number of nitrogens with zero attached hydrogens (tertiary/aromatic N) is 2. The van der Waals surface area contributed by atoms with Crippen LogP contribution in [0.1, 0.15) is 35.5 Å². The van der Waals surface area contributed by atoms with Crippen molar-refractivity contribution in [3.63, 3.8) is 0 Å². The van der Waals surface area contributed by atoms with E-state index >= 15 is 0 Å². The fourth-order valence-electron chi connectivity index (χ4n) is 1.81. The molecular weight excluding hydrogens is 230 g/mol. The standard InChI is InChI=1S/C13H17N3S/c1-4-10(14)12-15-16-13(17-12)11-8(2)6-5-7-9(11)3/h5-7,10H,4,14H2,1-3H3. The molecule has 1 atom stereocenters. The monoisotopic (exact) mass is 247 g/mol. The van der Waals surface area contributed by atoms with Crippen LogP contribution in [-0.2, 0) is 0 Å². The second kappa shape index (κ2) is 4.94. The highest BCUT2D eigenvalue weighted by Crippen LogP contribution is 2.31. The Morgan fingerprint density at radius 3 is 2.47 bits per heavy atom. The van der Waals surface area contributed by atoms with Crippen LogP contribution in [0.25, 0.3) is 10.6 Å². The lowest BCUT2D eigenvalue weighted by molar-refractivity contribution is 0.683. The van der Waals surface area contributed by atoms with Gasteiger partial charge in [0, 0.05) is 5.56 Å². The number of hydrogen-bond acceptors (Lipinski definition) is 4. The van der Waals surface area contributed by atoms with Crippen LogP contribution in [0.3, 0.4) is 0 Å². The van der Waals surface area contributed by atoms with Gasteiger partial charge < -0.3 is 5.73 Å². The number of aromatic nitrogens is 2. The summed E-state index contributed by atoms with van der Waals surface area (Å²) < 4.78 is 0. The predicted octanol–water partition coefficient (Wildman–Crippen LogP) is 3.23. The number of hydrogen-bond donors (Lipinski definition) is 1. The largest absolute Gasteiger partial charge is 0.322 e. The van der Waals surface area contributed by atoms with Gasteiger partial charge in [0.15, 0.2) is 0 Å². The number of aryl methyl sites for hydroxylation is 2. The molecule has 3 nitrogen and oxygen atoms in total. The summed E-state index contributed by atoms with van der Waals surface area (Å²) in [7, 11) is 0. The Bertz CT molecular complexity index is 499. The van der Waals surface area contributed by atoms with Gasteiger partial charge in [-0.15, -0.1) is 10.2 Å². The van der Waals surface area contributed by atoms with E-state index in [2.05, 4.69) is 49.2 Å². The Morgan fingerprint density at radius 1 is 1.24 bits per heavy atom. The van der Waals surface area contributed by atoms with Gasteiger partial charge in [0.1, 0.15) is 10.0 Å². The zero-order valence-corrected chi connectivity index (χ0v) is 11.2. The normalized spacial score (nSPS) is 12.7. The van der Waals surface area contributed by atoms with Gasteiger partial charge in [-0.1, -0.05) is 36.5 Å². The number of rotatable bonds is 3. The molecule has 2 aromatic rings. The SMILES string of the molecule is CCC(N)c1nnc(-c2c(C)cccc2C)s1. The molecule has 17 heavy (non-hydrogen) atoms. The Hall–Kier alpha value is -1.26. The van der Waals surface area contributed by atoms with Crippen LogP contribution < -0.4 is 5.73 Å². The van der Waals surface area contributed by atoms with Crippen LogP contribution >= 0.6 is 11.3 Å². The first-order valence-electron chi connectivity index (χ1n) is 5.79. The second-order valence-electron chi connectivity index (χ2n) is 4.23. The fraction of sp³-hybridized carbons (Fsp3) is 0.385. The molecule has 0 amide bonds. The zero-order chi connectivity index (χ0) is 12.4. The smallest absolute Gasteiger partial charge is 0.148 e. The second-order valence-corrected chi connectivity index (χ2v) is 5.24. The van der Waals surface area contributed by atoms with E-state index in [4.69, 9.17) is 5.73 Å². The molecule has 0 aliphatic rings. The lowest BCUT2D eigenvalue weighted by Gasteiger charge is -2.05. The van der Waals surface area contributed by atoms with Crippen LogP contribution in [-0.4, -0.2) is 10.2 Å². The average Bonchev–Trinajstić information content (AvgIpc) is 2.77. The molecule has 1 aromatic carbocycles. The van der Waals surface area contributed by atoms with Gasteiger partial charge >= 0.3 is 0 Å². The van der Waals surface area contributed by atoms with E-state index in [1.54, 1.807) is 11.3 Å². The molecule has 0 radical (unpaired) electrons. The van der Waals surface area contributed by atoms with Gasteiger partial charge in [-0.25, -0.2) is 0 Å². The molecule has 1 heterocycles. The highest BCUT2D eigenvalue weighted by Gasteiger charge is 2.14. The summed E-state index contributed by atoms with van der Waals surface area (Å²) in [5, 5.41) is 10.3. The molecule has 90 valence electrons. The minimum Gasteiger partial charge on any atom is -0.322 e. The quantitative estimate of drug-likeness (QED) is 0.906. The van der Waals surface area contributed by atoms with Crippen molar-refractivity contribution in [2.75, 3.05) is 0 Å². The van der Waals surface area contributed by atoms with E-state index in [0.29, 0.717) is 0 Å². The third-order valence-corrected chi connectivity index (χ3v) is 3.97. The minimum atomic E-state index is 0.00516. The lowest BCUT2D eigenvalue weighted by Crippen LogP contribution is -2.07. The van der Waals surface area contributed by atoms with Gasteiger partial charge in [-0.3, -0.25) is 0 Å². The summed E-state index contributed by atoms with van der Waals surface area (Å²) in [4.78, 5) is 0. The summed E-state index contributed by atoms with van der Waals surface area (Å²) in [5.74, 6) is 0. The number of benzene rings is 1. The molecule has 0 bridgehead atoms. The van der Waals surface area contributed by atoms with Crippen molar-refractivity contribution < 1.29 is 0 Å². The molecule has 4 heteroatoms. The highest BCUT2D eigenvalue weighted by atomic mass is 32.1. The van der Waals surface area contributed by atoms with Gasteiger partial charge in [-0.2, -0.15) is 0 Å². The molecule has 0 saturated carbocycles. The third-order valence-electron chi connectivity index (χ3n) is 2.89. The van der Waals surface area contributed by atoms with E-state index in [1.807, 2.05) is 0 Å². The first-order valence-corrected chi connectivity index (χ1v) is 6.60. The molecule has 0 fully saturated rings. The lowest BCUT2D eigenvalue weighted by atomic mass is 10.0. The van der Waals surface area contributed by atoms with Crippen molar-refractivity contribution in [1.29, 1.82) is 0 Å². The maximum absolute atomic E-state index is 5.97. The Kier molecular flexibility index (Phi) is 3.54. The molecule has 1 aromatic heterocycles. The van der Waals surface area contributed by atoms with Gasteiger partial charge in [0.25, 0.3) is 0 Å². The zero-order valence-electron chi connectivity index (χ0n) is 10.4. The van der Waals surface area contributed by atoms with Gasteiger partial charge in [0.2, 0.25) is 0 Å². The molecule has 0 aliphatic heterocycles. The van der Waals surface area contributed by atoms with Crippen molar-refractivity contribution in [3.8, 4) is 10.6 Å². The molecule has 2 rings (SSSR count). The van der Waals surface area contributed by atoms with Crippen LogP contribution in [0.4, 0.5) is 0 Å². The van der Waals surface area contributed by atoms with Crippen LogP contribution in [0.15, 0.2) is 18.2 Å². The van der Waals surface area contributed by atoms with E-state index in [1.165, 1.54) is 16.7 Å². The summed E-state index contributed by atoms with van der Waals surface area (Å²) in [6.45, 7) is 6.26. The number of nitrogens with two attached hydrogens (primary N) is 1. The summed E-state index contributed by atoms with van der Waals surface area (Å²) in [5.41, 5.74) is 9.63. The minimum absolute atomic E-state index is 0.00516. The third kappa shape index (κ3) is 2.37. The topological polar surface area (TPSA) is 51.8 Å². The molecule has 1 unspecified atom stereocenters. The van der Waals surface area contributed by atoms with E-state index < -0.39 is 0 Å². The molecule has 0 saturated heterocycles. The Labute approximate surface area is 106 Å². The van der Waals surface area contributed by atoms with Gasteiger partial charge in [-0.05, 0) is 31.4 Å². The first-order chi connectivity index (χ1) is 8.13. The predicted molar refractivity (Wildman–Crippen MR) is 72.0 cm³/mol. The van der Waals surface area contributed by atoms with Gasteiger partial charge in [0.05, 0.1) is 6.04 Å². The summed E-state index contributed by atoms with van der Waals surface area (Å²) in [6, 6.07) is 6.27. The highest BCUT2D eigenvalue weighted by molar-refractivity contribution is 7.14.